The summed E-state index contributed by atoms with van der Waals surface area (Å²) in [5.41, 5.74) is 5.61. The maximum atomic E-state index is 13.5. The number of esters is 1. The smallest absolute Gasteiger partial charge is 0.316 e. The zero-order valence-corrected chi connectivity index (χ0v) is 17.0. The van der Waals surface area contributed by atoms with Crippen LogP contribution in [0.5, 0.6) is 0 Å². The third-order valence-corrected chi connectivity index (χ3v) is 5.95. The summed E-state index contributed by atoms with van der Waals surface area (Å²) >= 11 is 0. The summed E-state index contributed by atoms with van der Waals surface area (Å²) in [6.07, 6.45) is 1.57. The lowest BCUT2D eigenvalue weighted by Crippen LogP contribution is -2.39. The molecule has 29 heavy (non-hydrogen) atoms. The number of ether oxygens (including phenoxy) is 1. The molecule has 3 atom stereocenters. The highest BCUT2D eigenvalue weighted by Crippen LogP contribution is 2.43. The SMILES string of the molecule is CCc1ccc([C@@H]2Nc3ccccc3NC3=C2C(=O)[C@H](C(=O)OC)[C@@H](C)C3)cc1. The monoisotopic (exact) mass is 390 g/mol. The largest absolute Gasteiger partial charge is 0.468 e. The molecule has 0 spiro atoms. The van der Waals surface area contributed by atoms with Gasteiger partial charge in [-0.05, 0) is 42.0 Å². The molecule has 0 saturated heterocycles. The third-order valence-electron chi connectivity index (χ3n) is 5.95. The Morgan fingerprint density at radius 1 is 1.10 bits per heavy atom. The Hall–Kier alpha value is -3.08. The number of nitrogens with one attached hydrogen (secondary N) is 2. The molecule has 0 saturated carbocycles. The summed E-state index contributed by atoms with van der Waals surface area (Å²) in [5.74, 6) is -1.53. The van der Waals surface area contributed by atoms with Crippen molar-refractivity contribution in [1.29, 1.82) is 0 Å². The first-order valence-electron chi connectivity index (χ1n) is 10.1. The van der Waals surface area contributed by atoms with Crippen molar-refractivity contribution in [3.63, 3.8) is 0 Å². The summed E-state index contributed by atoms with van der Waals surface area (Å²) in [4.78, 5) is 25.9. The van der Waals surface area contributed by atoms with Gasteiger partial charge in [0, 0.05) is 11.3 Å². The van der Waals surface area contributed by atoms with E-state index >= 15 is 0 Å². The van der Waals surface area contributed by atoms with Gasteiger partial charge in [0.15, 0.2) is 5.78 Å². The average molecular weight is 390 g/mol. The van der Waals surface area contributed by atoms with Gasteiger partial charge in [0.2, 0.25) is 0 Å². The van der Waals surface area contributed by atoms with Gasteiger partial charge in [-0.25, -0.2) is 0 Å². The molecule has 1 aliphatic carbocycles. The highest BCUT2D eigenvalue weighted by atomic mass is 16.5. The van der Waals surface area contributed by atoms with E-state index in [2.05, 4.69) is 41.8 Å². The standard InChI is InChI=1S/C24H26N2O3/c1-4-15-9-11-16(12-10-15)22-21-19(25-17-7-5-6-8-18(17)26-22)13-14(2)20(23(21)27)24(28)29-3/h5-12,14,20,22,25-26H,4,13H2,1-3H3/t14-,20+,22-/m0/s1. The van der Waals surface area contributed by atoms with Crippen LogP contribution in [-0.4, -0.2) is 18.9 Å². The molecular weight excluding hydrogens is 364 g/mol. The second-order valence-electron chi connectivity index (χ2n) is 7.78. The topological polar surface area (TPSA) is 67.4 Å². The number of methoxy groups -OCH3 is 1. The van der Waals surface area contributed by atoms with Gasteiger partial charge in [-0.3, -0.25) is 9.59 Å². The molecule has 1 heterocycles. The first-order chi connectivity index (χ1) is 14.0. The number of hydrogen-bond acceptors (Lipinski definition) is 5. The normalized spacial score (nSPS) is 23.3. The quantitative estimate of drug-likeness (QED) is 0.597. The van der Waals surface area contributed by atoms with Crippen LogP contribution in [0.3, 0.4) is 0 Å². The number of anilines is 2. The molecule has 0 fully saturated rings. The van der Waals surface area contributed by atoms with Crippen molar-refractivity contribution in [3.05, 3.63) is 70.9 Å². The molecule has 0 radical (unpaired) electrons. The van der Waals surface area contributed by atoms with Crippen molar-refractivity contribution in [1.82, 2.24) is 0 Å². The van der Waals surface area contributed by atoms with E-state index < -0.39 is 11.9 Å². The van der Waals surface area contributed by atoms with Crippen LogP contribution in [0.4, 0.5) is 11.4 Å². The van der Waals surface area contributed by atoms with Crippen LogP contribution in [0.15, 0.2) is 59.8 Å². The molecule has 0 bridgehead atoms. The summed E-state index contributed by atoms with van der Waals surface area (Å²) < 4.78 is 4.95. The number of carbonyl (C=O) groups is 2. The lowest BCUT2D eigenvalue weighted by Gasteiger charge is -2.32. The summed E-state index contributed by atoms with van der Waals surface area (Å²) in [6.45, 7) is 4.05. The minimum atomic E-state index is -0.777. The summed E-state index contributed by atoms with van der Waals surface area (Å²) in [7, 11) is 1.34. The maximum absolute atomic E-state index is 13.5. The number of fused-ring (bicyclic) bond motifs is 1. The fourth-order valence-corrected chi connectivity index (χ4v) is 4.33. The highest BCUT2D eigenvalue weighted by Gasteiger charge is 2.44. The number of allylic oxidation sites excluding steroid dienone is 1. The van der Waals surface area contributed by atoms with E-state index in [4.69, 9.17) is 4.74 Å². The predicted octanol–water partition coefficient (Wildman–Crippen LogP) is 4.48. The predicted molar refractivity (Wildman–Crippen MR) is 114 cm³/mol. The minimum Gasteiger partial charge on any atom is -0.468 e. The molecule has 150 valence electrons. The number of aryl methyl sites for hydroxylation is 1. The van der Waals surface area contributed by atoms with Crippen molar-refractivity contribution < 1.29 is 14.3 Å². The van der Waals surface area contributed by atoms with Gasteiger partial charge in [-0.2, -0.15) is 0 Å². The van der Waals surface area contributed by atoms with Crippen LogP contribution in [0.25, 0.3) is 0 Å². The second kappa shape index (κ2) is 7.74. The van der Waals surface area contributed by atoms with Gasteiger partial charge < -0.3 is 15.4 Å². The van der Waals surface area contributed by atoms with Gasteiger partial charge >= 0.3 is 5.97 Å². The highest BCUT2D eigenvalue weighted by molar-refractivity contribution is 6.11. The number of ketones is 1. The summed E-state index contributed by atoms with van der Waals surface area (Å²) in [5, 5.41) is 7.01. The lowest BCUT2D eigenvalue weighted by atomic mass is 9.75. The third kappa shape index (κ3) is 3.41. The van der Waals surface area contributed by atoms with Crippen LogP contribution in [-0.2, 0) is 20.7 Å². The minimum absolute atomic E-state index is 0.130. The van der Waals surface area contributed by atoms with Crippen molar-refractivity contribution in [2.75, 3.05) is 17.7 Å². The summed E-state index contributed by atoms with van der Waals surface area (Å²) in [6, 6.07) is 15.9. The molecule has 2 aromatic carbocycles. The van der Waals surface area contributed by atoms with E-state index in [1.807, 2.05) is 31.2 Å². The van der Waals surface area contributed by atoms with Crippen molar-refractivity contribution in [2.45, 2.75) is 32.7 Å². The molecule has 0 aromatic heterocycles. The van der Waals surface area contributed by atoms with Gasteiger partial charge in [0.25, 0.3) is 0 Å². The zero-order chi connectivity index (χ0) is 20.5. The number of hydrogen-bond donors (Lipinski definition) is 2. The molecule has 0 amide bonds. The number of Topliss-reactive ketones (excluding diaryl/α,β-unsaturated/α-hetero) is 1. The Morgan fingerprint density at radius 2 is 1.79 bits per heavy atom. The number of rotatable bonds is 3. The van der Waals surface area contributed by atoms with Crippen molar-refractivity contribution in [3.8, 4) is 0 Å². The molecule has 2 aromatic rings. The first kappa shape index (κ1) is 19.2. The van der Waals surface area contributed by atoms with Crippen LogP contribution >= 0.6 is 0 Å². The van der Waals surface area contributed by atoms with Gasteiger partial charge in [-0.15, -0.1) is 0 Å². The van der Waals surface area contributed by atoms with E-state index in [1.54, 1.807) is 0 Å². The van der Waals surface area contributed by atoms with Crippen LogP contribution < -0.4 is 10.6 Å². The average Bonchev–Trinajstić information content (AvgIpc) is 2.90. The van der Waals surface area contributed by atoms with Crippen molar-refractivity contribution >= 4 is 23.1 Å². The number of benzene rings is 2. The van der Waals surface area contributed by atoms with Crippen LogP contribution in [0, 0.1) is 11.8 Å². The van der Waals surface area contributed by atoms with Gasteiger partial charge in [0.05, 0.1) is 24.5 Å². The molecule has 2 N–H and O–H groups in total. The fraction of sp³-hybridized carbons (Fsp3) is 0.333. The Kier molecular flexibility index (Phi) is 5.14. The Balaban J connectivity index is 1.85. The van der Waals surface area contributed by atoms with E-state index in [9.17, 15) is 9.59 Å². The van der Waals surface area contributed by atoms with E-state index in [0.717, 1.165) is 29.1 Å². The molecular formula is C24H26N2O3. The van der Waals surface area contributed by atoms with Gasteiger partial charge in [-0.1, -0.05) is 50.2 Å². The Morgan fingerprint density at radius 3 is 2.45 bits per heavy atom. The molecule has 2 aliphatic rings. The van der Waals surface area contributed by atoms with E-state index in [0.29, 0.717) is 12.0 Å². The van der Waals surface area contributed by atoms with Gasteiger partial charge in [0.1, 0.15) is 5.92 Å². The molecule has 4 rings (SSSR count). The number of para-hydroxylation sites is 2. The molecule has 5 heteroatoms. The van der Waals surface area contributed by atoms with Crippen LogP contribution in [0.1, 0.15) is 37.4 Å². The van der Waals surface area contributed by atoms with E-state index in [1.165, 1.54) is 12.7 Å². The molecule has 0 unspecified atom stereocenters. The Bertz CT molecular complexity index is 978. The van der Waals surface area contributed by atoms with Crippen molar-refractivity contribution in [2.24, 2.45) is 11.8 Å². The Labute approximate surface area is 171 Å². The van der Waals surface area contributed by atoms with Crippen LogP contribution in [0.2, 0.25) is 0 Å². The van der Waals surface area contributed by atoms with E-state index in [-0.39, 0.29) is 17.7 Å². The molecule has 5 nitrogen and oxygen atoms in total. The zero-order valence-electron chi connectivity index (χ0n) is 17.0. The number of carbonyl (C=O) groups excluding carboxylic acids is 2. The fourth-order valence-electron chi connectivity index (χ4n) is 4.33. The maximum Gasteiger partial charge on any atom is 0.316 e. The second-order valence-corrected chi connectivity index (χ2v) is 7.78. The first-order valence-corrected chi connectivity index (χ1v) is 10.1. The molecule has 1 aliphatic heterocycles. The lowest BCUT2D eigenvalue weighted by molar-refractivity contribution is -0.151.